The summed E-state index contributed by atoms with van der Waals surface area (Å²) >= 11 is 1.78. The lowest BCUT2D eigenvalue weighted by molar-refractivity contribution is -0.120. The standard InChI is InChI=1S/C23H25N3OS/c27-22(26-15-7-9-17-8-1-3-11-19(17)26)16-25-14-6-5-12-20(25)23-24-18-10-2-4-13-21(18)28-23/h1-4,8,10-11,13,20H,5-7,9,12,14-16H2/t20-/m0/s1. The topological polar surface area (TPSA) is 36.4 Å². The Hall–Kier alpha value is -2.24. The second-order valence-corrected chi connectivity index (χ2v) is 8.84. The molecular formula is C23H25N3OS. The summed E-state index contributed by atoms with van der Waals surface area (Å²) in [5.74, 6) is 0.222. The van der Waals surface area contributed by atoms with Crippen molar-refractivity contribution in [3.8, 4) is 0 Å². The molecule has 1 aromatic heterocycles. The highest BCUT2D eigenvalue weighted by Gasteiger charge is 2.31. The number of para-hydroxylation sites is 2. The Balaban J connectivity index is 1.38. The maximum atomic E-state index is 13.2. The van der Waals surface area contributed by atoms with Crippen molar-refractivity contribution in [3.63, 3.8) is 0 Å². The lowest BCUT2D eigenvalue weighted by atomic mass is 10.0. The fourth-order valence-corrected chi connectivity index (χ4v) is 5.68. The number of amides is 1. The van der Waals surface area contributed by atoms with Crippen molar-refractivity contribution in [1.82, 2.24) is 9.88 Å². The van der Waals surface area contributed by atoms with Crippen LogP contribution < -0.4 is 4.90 Å². The van der Waals surface area contributed by atoms with Gasteiger partial charge < -0.3 is 4.90 Å². The first-order valence-electron chi connectivity index (χ1n) is 10.3. The van der Waals surface area contributed by atoms with Crippen LogP contribution in [0, 0.1) is 0 Å². The van der Waals surface area contributed by atoms with E-state index in [-0.39, 0.29) is 11.9 Å². The number of anilines is 1. The maximum Gasteiger partial charge on any atom is 0.241 e. The molecule has 0 aliphatic carbocycles. The molecule has 0 spiro atoms. The summed E-state index contributed by atoms with van der Waals surface area (Å²) in [5.41, 5.74) is 3.47. The molecule has 4 nitrogen and oxygen atoms in total. The molecule has 3 heterocycles. The number of thiazole rings is 1. The van der Waals surface area contributed by atoms with Crippen molar-refractivity contribution >= 4 is 33.1 Å². The Morgan fingerprint density at radius 1 is 1.04 bits per heavy atom. The molecule has 5 rings (SSSR count). The lowest BCUT2D eigenvalue weighted by Gasteiger charge is -2.36. The molecule has 2 aromatic carbocycles. The third-order valence-electron chi connectivity index (χ3n) is 5.96. The number of hydrogen-bond acceptors (Lipinski definition) is 4. The summed E-state index contributed by atoms with van der Waals surface area (Å²) in [6.45, 7) is 2.28. The van der Waals surface area contributed by atoms with Crippen molar-refractivity contribution in [2.45, 2.75) is 38.1 Å². The summed E-state index contributed by atoms with van der Waals surface area (Å²) in [5, 5.41) is 1.16. The van der Waals surface area contributed by atoms with Crippen molar-refractivity contribution in [1.29, 1.82) is 0 Å². The summed E-state index contributed by atoms with van der Waals surface area (Å²) in [7, 11) is 0. The number of carbonyl (C=O) groups is 1. The number of fused-ring (bicyclic) bond motifs is 2. The van der Waals surface area contributed by atoms with Crippen molar-refractivity contribution < 1.29 is 4.79 Å². The monoisotopic (exact) mass is 391 g/mol. The molecule has 144 valence electrons. The number of benzene rings is 2. The van der Waals surface area contributed by atoms with Crippen LogP contribution in [-0.2, 0) is 11.2 Å². The van der Waals surface area contributed by atoms with Crippen LogP contribution >= 0.6 is 11.3 Å². The van der Waals surface area contributed by atoms with Crippen molar-refractivity contribution in [3.05, 3.63) is 59.1 Å². The van der Waals surface area contributed by atoms with Gasteiger partial charge in [-0.3, -0.25) is 9.69 Å². The Kier molecular flexibility index (Phi) is 4.87. The average molecular weight is 392 g/mol. The summed E-state index contributed by atoms with van der Waals surface area (Å²) in [6, 6.07) is 16.9. The third kappa shape index (κ3) is 3.33. The number of piperidine rings is 1. The van der Waals surface area contributed by atoms with Crippen LogP contribution in [0.3, 0.4) is 0 Å². The van der Waals surface area contributed by atoms with Crippen LogP contribution in [0.4, 0.5) is 5.69 Å². The molecule has 1 atom stereocenters. The largest absolute Gasteiger partial charge is 0.311 e. The van der Waals surface area contributed by atoms with Gasteiger partial charge in [-0.1, -0.05) is 36.8 Å². The van der Waals surface area contributed by atoms with Gasteiger partial charge in [0.25, 0.3) is 0 Å². The molecule has 2 aliphatic heterocycles. The SMILES string of the molecule is O=C(CN1CCCC[C@H]1c1nc2ccccc2s1)N1CCCc2ccccc21. The van der Waals surface area contributed by atoms with E-state index < -0.39 is 0 Å². The first kappa shape index (κ1) is 17.8. The van der Waals surface area contributed by atoms with E-state index in [0.717, 1.165) is 55.0 Å². The van der Waals surface area contributed by atoms with Crippen molar-refractivity contribution in [2.75, 3.05) is 24.5 Å². The fraction of sp³-hybridized carbons (Fsp3) is 0.391. The summed E-state index contributed by atoms with van der Waals surface area (Å²) in [4.78, 5) is 22.5. The van der Waals surface area contributed by atoms with E-state index in [1.165, 1.54) is 16.7 Å². The minimum atomic E-state index is 0.222. The molecule has 2 aliphatic rings. The average Bonchev–Trinajstić information content (AvgIpc) is 3.18. The number of carbonyl (C=O) groups excluding carboxylic acids is 1. The Labute approximate surface area is 169 Å². The molecule has 1 saturated heterocycles. The second kappa shape index (κ2) is 7.64. The van der Waals surface area contributed by atoms with E-state index in [1.54, 1.807) is 11.3 Å². The van der Waals surface area contributed by atoms with Gasteiger partial charge in [-0.25, -0.2) is 4.98 Å². The first-order chi connectivity index (χ1) is 13.8. The van der Waals surface area contributed by atoms with Gasteiger partial charge in [0.05, 0.1) is 22.8 Å². The number of aromatic nitrogens is 1. The number of hydrogen-bond donors (Lipinski definition) is 0. The van der Waals surface area contributed by atoms with Crippen LogP contribution in [0.15, 0.2) is 48.5 Å². The van der Waals surface area contributed by atoms with E-state index in [2.05, 4.69) is 41.3 Å². The molecule has 1 fully saturated rings. The van der Waals surface area contributed by atoms with Gasteiger partial charge >= 0.3 is 0 Å². The highest BCUT2D eigenvalue weighted by Crippen LogP contribution is 2.36. The van der Waals surface area contributed by atoms with E-state index >= 15 is 0 Å². The van der Waals surface area contributed by atoms with E-state index in [0.29, 0.717) is 6.54 Å². The second-order valence-electron chi connectivity index (χ2n) is 7.78. The Bertz CT molecular complexity index is 965. The van der Waals surface area contributed by atoms with Gasteiger partial charge in [0, 0.05) is 12.2 Å². The predicted molar refractivity (Wildman–Crippen MR) is 115 cm³/mol. The number of aryl methyl sites for hydroxylation is 1. The molecule has 0 unspecified atom stereocenters. The van der Waals surface area contributed by atoms with Gasteiger partial charge in [-0.2, -0.15) is 0 Å². The van der Waals surface area contributed by atoms with Gasteiger partial charge in [-0.15, -0.1) is 11.3 Å². The lowest BCUT2D eigenvalue weighted by Crippen LogP contribution is -2.45. The van der Waals surface area contributed by atoms with Crippen LogP contribution in [0.5, 0.6) is 0 Å². The normalized spacial score (nSPS) is 20.3. The van der Waals surface area contributed by atoms with Crippen LogP contribution in [0.25, 0.3) is 10.2 Å². The first-order valence-corrected chi connectivity index (χ1v) is 11.1. The smallest absolute Gasteiger partial charge is 0.241 e. The van der Waals surface area contributed by atoms with Crippen LogP contribution in [-0.4, -0.2) is 35.4 Å². The molecule has 0 N–H and O–H groups in total. The minimum absolute atomic E-state index is 0.222. The number of likely N-dealkylation sites (tertiary alicyclic amines) is 1. The maximum absolute atomic E-state index is 13.2. The van der Waals surface area contributed by atoms with Gasteiger partial charge in [-0.05, 0) is 56.0 Å². The number of rotatable bonds is 3. The highest BCUT2D eigenvalue weighted by atomic mass is 32.1. The van der Waals surface area contributed by atoms with Gasteiger partial charge in [0.1, 0.15) is 5.01 Å². The molecule has 5 heteroatoms. The quantitative estimate of drug-likeness (QED) is 0.643. The Morgan fingerprint density at radius 3 is 2.82 bits per heavy atom. The molecular weight excluding hydrogens is 366 g/mol. The van der Waals surface area contributed by atoms with Crippen LogP contribution in [0.2, 0.25) is 0 Å². The molecule has 0 bridgehead atoms. The zero-order valence-corrected chi connectivity index (χ0v) is 16.8. The summed E-state index contributed by atoms with van der Waals surface area (Å²) in [6.07, 6.45) is 5.56. The molecule has 1 amide bonds. The fourth-order valence-electron chi connectivity index (χ4n) is 4.54. The van der Waals surface area contributed by atoms with Gasteiger partial charge in [0.15, 0.2) is 0 Å². The van der Waals surface area contributed by atoms with E-state index in [1.807, 2.05) is 17.0 Å². The molecule has 0 radical (unpaired) electrons. The highest BCUT2D eigenvalue weighted by molar-refractivity contribution is 7.18. The van der Waals surface area contributed by atoms with E-state index in [9.17, 15) is 4.79 Å². The molecule has 3 aromatic rings. The Morgan fingerprint density at radius 2 is 1.89 bits per heavy atom. The molecule has 28 heavy (non-hydrogen) atoms. The zero-order chi connectivity index (χ0) is 18.9. The summed E-state index contributed by atoms with van der Waals surface area (Å²) < 4.78 is 1.24. The van der Waals surface area contributed by atoms with Crippen LogP contribution in [0.1, 0.15) is 42.3 Å². The minimum Gasteiger partial charge on any atom is -0.311 e. The predicted octanol–water partition coefficient (Wildman–Crippen LogP) is 4.80. The third-order valence-corrected chi connectivity index (χ3v) is 7.10. The zero-order valence-electron chi connectivity index (χ0n) is 16.0. The molecule has 0 saturated carbocycles. The van der Waals surface area contributed by atoms with E-state index in [4.69, 9.17) is 4.98 Å². The van der Waals surface area contributed by atoms with Gasteiger partial charge in [0.2, 0.25) is 5.91 Å². The number of nitrogens with zero attached hydrogens (tertiary/aromatic N) is 3. The van der Waals surface area contributed by atoms with Crippen molar-refractivity contribution in [2.24, 2.45) is 0 Å².